The van der Waals surface area contributed by atoms with Crippen LogP contribution in [-0.4, -0.2) is 18.2 Å². The molecule has 3 aliphatic carbocycles. The maximum Gasteiger partial charge on any atom is 0.331 e. The van der Waals surface area contributed by atoms with Gasteiger partial charge in [-0.1, -0.05) is 153 Å². The molecule has 2 spiro atoms. The summed E-state index contributed by atoms with van der Waals surface area (Å²) in [6, 6.07) is 52.4. The SMILES string of the molecule is CC(C)(P)C(C)(C)O[B]c1cccc2c1C1(c3ccccc3-c3ccccc31)c1ccccc1C21c2ccccc2-c2ccccc21. The van der Waals surface area contributed by atoms with E-state index < -0.39 is 16.4 Å². The Hall–Kier alpha value is -4.23. The van der Waals surface area contributed by atoms with Crippen LogP contribution in [0.2, 0.25) is 0 Å². The first-order chi connectivity index (χ1) is 22.7. The minimum Gasteiger partial charge on any atom is -0.429 e. The van der Waals surface area contributed by atoms with Crippen LogP contribution in [0.3, 0.4) is 0 Å². The normalized spacial score (nSPS) is 15.8. The van der Waals surface area contributed by atoms with Crippen molar-refractivity contribution in [2.24, 2.45) is 0 Å². The Balaban J connectivity index is 1.47. The Morgan fingerprint density at radius 2 is 0.809 bits per heavy atom. The lowest BCUT2D eigenvalue weighted by Crippen LogP contribution is -2.50. The Morgan fingerprint density at radius 1 is 0.447 bits per heavy atom. The van der Waals surface area contributed by atoms with Crippen LogP contribution < -0.4 is 5.46 Å². The van der Waals surface area contributed by atoms with E-state index in [0.29, 0.717) is 0 Å². The van der Waals surface area contributed by atoms with Gasteiger partial charge in [0.1, 0.15) is 0 Å². The molecule has 3 aliphatic rings. The summed E-state index contributed by atoms with van der Waals surface area (Å²) in [6.07, 6.45) is 0. The molecular formula is C44H37BOP. The monoisotopic (exact) mass is 623 g/mol. The van der Waals surface area contributed by atoms with Crippen LogP contribution in [0.25, 0.3) is 22.3 Å². The Morgan fingerprint density at radius 3 is 1.26 bits per heavy atom. The summed E-state index contributed by atoms with van der Waals surface area (Å²) < 4.78 is 6.86. The van der Waals surface area contributed by atoms with Crippen molar-refractivity contribution in [2.75, 3.05) is 0 Å². The van der Waals surface area contributed by atoms with Gasteiger partial charge in [0.15, 0.2) is 0 Å². The zero-order valence-corrected chi connectivity index (χ0v) is 28.5. The number of fused-ring (bicyclic) bond motifs is 16. The van der Waals surface area contributed by atoms with Crippen molar-refractivity contribution >= 4 is 22.2 Å². The molecule has 1 radical (unpaired) electrons. The third-order valence-corrected chi connectivity index (χ3v) is 12.2. The molecule has 227 valence electrons. The first-order valence-electron chi connectivity index (χ1n) is 16.6. The fourth-order valence-corrected chi connectivity index (χ4v) is 8.86. The Bertz CT molecular complexity index is 2150. The van der Waals surface area contributed by atoms with Crippen LogP contribution in [0.5, 0.6) is 0 Å². The molecular weight excluding hydrogens is 586 g/mol. The van der Waals surface area contributed by atoms with E-state index in [0.717, 1.165) is 5.46 Å². The maximum absolute atomic E-state index is 6.86. The van der Waals surface area contributed by atoms with E-state index in [9.17, 15) is 0 Å². The fraction of sp³-hybridized carbons (Fsp3) is 0.182. The molecule has 0 saturated carbocycles. The van der Waals surface area contributed by atoms with Gasteiger partial charge in [-0.3, -0.25) is 0 Å². The molecule has 6 aromatic rings. The maximum atomic E-state index is 6.86. The van der Waals surface area contributed by atoms with E-state index in [1.807, 2.05) is 0 Å². The highest BCUT2D eigenvalue weighted by Gasteiger charge is 2.59. The van der Waals surface area contributed by atoms with Crippen molar-refractivity contribution in [3.63, 3.8) is 0 Å². The highest BCUT2D eigenvalue weighted by atomic mass is 31.0. The highest BCUT2D eigenvalue weighted by molar-refractivity contribution is 7.19. The molecule has 0 bridgehead atoms. The molecule has 0 saturated heterocycles. The molecule has 47 heavy (non-hydrogen) atoms. The summed E-state index contributed by atoms with van der Waals surface area (Å²) in [6.45, 7) is 8.80. The summed E-state index contributed by atoms with van der Waals surface area (Å²) in [7, 11) is 5.05. The Labute approximate surface area is 281 Å². The van der Waals surface area contributed by atoms with Crippen LogP contribution >= 0.6 is 9.24 Å². The number of hydrogen-bond acceptors (Lipinski definition) is 1. The van der Waals surface area contributed by atoms with Gasteiger partial charge < -0.3 is 4.65 Å². The second kappa shape index (κ2) is 9.90. The lowest BCUT2D eigenvalue weighted by Gasteiger charge is -2.50. The second-order valence-electron chi connectivity index (χ2n) is 14.5. The summed E-state index contributed by atoms with van der Waals surface area (Å²) in [5.74, 6) is 0. The molecule has 3 heteroatoms. The van der Waals surface area contributed by atoms with E-state index >= 15 is 0 Å². The van der Waals surface area contributed by atoms with Gasteiger partial charge in [-0.2, -0.15) is 0 Å². The van der Waals surface area contributed by atoms with Gasteiger partial charge in [0.2, 0.25) is 0 Å². The lowest BCUT2D eigenvalue weighted by molar-refractivity contribution is 0.0840. The molecule has 0 N–H and O–H groups in total. The predicted octanol–water partition coefficient (Wildman–Crippen LogP) is 9.42. The van der Waals surface area contributed by atoms with Crippen molar-refractivity contribution in [2.45, 2.75) is 49.3 Å². The molecule has 0 aliphatic heterocycles. The minimum atomic E-state index is -0.534. The summed E-state index contributed by atoms with van der Waals surface area (Å²) in [4.78, 5) is 0. The van der Waals surface area contributed by atoms with Gasteiger partial charge in [0.05, 0.1) is 16.4 Å². The summed E-state index contributed by atoms with van der Waals surface area (Å²) >= 11 is 0. The van der Waals surface area contributed by atoms with Gasteiger partial charge in [-0.05, 0) is 86.1 Å². The van der Waals surface area contributed by atoms with E-state index in [-0.39, 0.29) is 5.16 Å². The third-order valence-electron chi connectivity index (χ3n) is 11.5. The topological polar surface area (TPSA) is 9.23 Å². The summed E-state index contributed by atoms with van der Waals surface area (Å²) in [5, 5.41) is -0.139. The van der Waals surface area contributed by atoms with Gasteiger partial charge in [-0.15, -0.1) is 9.24 Å². The molecule has 0 heterocycles. The zero-order chi connectivity index (χ0) is 32.2. The predicted molar refractivity (Wildman–Crippen MR) is 199 cm³/mol. The van der Waals surface area contributed by atoms with Gasteiger partial charge >= 0.3 is 7.48 Å². The van der Waals surface area contributed by atoms with Crippen LogP contribution in [0.15, 0.2) is 140 Å². The highest BCUT2D eigenvalue weighted by Crippen LogP contribution is 2.66. The van der Waals surface area contributed by atoms with E-state index in [2.05, 4.69) is 184 Å². The number of hydrogen-bond donors (Lipinski definition) is 0. The van der Waals surface area contributed by atoms with Gasteiger partial charge in [-0.25, -0.2) is 0 Å². The van der Waals surface area contributed by atoms with E-state index in [1.54, 1.807) is 0 Å². The van der Waals surface area contributed by atoms with Crippen LogP contribution in [0.4, 0.5) is 0 Å². The van der Waals surface area contributed by atoms with Crippen LogP contribution in [0, 0.1) is 0 Å². The van der Waals surface area contributed by atoms with Crippen molar-refractivity contribution in [1.29, 1.82) is 0 Å². The second-order valence-corrected chi connectivity index (χ2v) is 15.9. The first-order valence-corrected chi connectivity index (χ1v) is 17.2. The number of benzene rings is 6. The average Bonchev–Trinajstić information content (AvgIpc) is 3.55. The molecule has 9 rings (SSSR count). The zero-order valence-electron chi connectivity index (χ0n) is 27.3. The van der Waals surface area contributed by atoms with E-state index in [1.165, 1.54) is 66.8 Å². The third kappa shape index (κ3) is 3.59. The average molecular weight is 624 g/mol. The molecule has 0 amide bonds. The lowest BCUT2D eigenvalue weighted by atomic mass is 9.50. The smallest absolute Gasteiger partial charge is 0.331 e. The van der Waals surface area contributed by atoms with Gasteiger partial charge in [0, 0.05) is 5.16 Å². The summed E-state index contributed by atoms with van der Waals surface area (Å²) in [5.41, 5.74) is 15.5. The first kappa shape index (κ1) is 29.0. The molecule has 1 unspecified atom stereocenters. The molecule has 0 aromatic heterocycles. The van der Waals surface area contributed by atoms with Crippen molar-refractivity contribution in [1.82, 2.24) is 0 Å². The van der Waals surface area contributed by atoms with Crippen molar-refractivity contribution in [3.05, 3.63) is 184 Å². The van der Waals surface area contributed by atoms with Crippen LogP contribution in [0.1, 0.15) is 72.2 Å². The van der Waals surface area contributed by atoms with Crippen LogP contribution in [-0.2, 0) is 15.5 Å². The minimum absolute atomic E-state index is 0.139. The van der Waals surface area contributed by atoms with Gasteiger partial charge in [0.25, 0.3) is 0 Å². The van der Waals surface area contributed by atoms with E-state index in [4.69, 9.17) is 4.65 Å². The number of rotatable bonds is 4. The quantitative estimate of drug-likeness (QED) is 0.140. The molecule has 0 fully saturated rings. The fourth-order valence-electron chi connectivity index (χ4n) is 8.79. The molecule has 1 nitrogen and oxygen atoms in total. The Kier molecular flexibility index (Phi) is 6.10. The largest absolute Gasteiger partial charge is 0.429 e. The molecule has 6 aromatic carbocycles. The van der Waals surface area contributed by atoms with Crippen molar-refractivity contribution < 1.29 is 4.65 Å². The molecule has 1 atom stereocenters. The standard InChI is InChI=1S/C44H37BOP/c1-41(2,42(3,4)47)46-45-39-27-15-26-38-40(39)44(34-22-11-7-18-30(34)31-19-8-12-23-35(31)44)37-25-14-13-24-36(37)43(38)32-20-9-5-16-28(32)29-17-6-10-21-33(29)43/h5-27H,47H2,1-4H3. The van der Waals surface area contributed by atoms with Crippen molar-refractivity contribution in [3.8, 4) is 22.3 Å².